The molecule has 2 aromatic rings. The van der Waals surface area contributed by atoms with Crippen LogP contribution in [-0.4, -0.2) is 42.9 Å². The molecule has 1 aliphatic rings. The molecule has 3 rings (SSSR count). The molecule has 1 aliphatic heterocycles. The van der Waals surface area contributed by atoms with E-state index in [4.69, 9.17) is 0 Å². The van der Waals surface area contributed by atoms with Crippen LogP contribution >= 0.6 is 0 Å². The molecule has 1 fully saturated rings. The lowest BCUT2D eigenvalue weighted by Crippen LogP contribution is -2.48. The number of nitrogens with zero attached hydrogens (tertiary/aromatic N) is 2. The molecule has 0 unspecified atom stereocenters. The number of anilines is 2. The fourth-order valence-electron chi connectivity index (χ4n) is 3.50. The van der Waals surface area contributed by atoms with Crippen molar-refractivity contribution in [1.82, 2.24) is 4.90 Å². The van der Waals surface area contributed by atoms with E-state index in [1.807, 2.05) is 17.0 Å². The molecule has 8 heteroatoms. The van der Waals surface area contributed by atoms with Crippen LogP contribution in [0.2, 0.25) is 0 Å². The number of hydrogen-bond acceptors (Lipinski definition) is 3. The number of alkyl halides is 3. The van der Waals surface area contributed by atoms with Gasteiger partial charge in [-0.25, -0.2) is 0 Å². The van der Waals surface area contributed by atoms with Gasteiger partial charge in [0.05, 0.1) is 5.56 Å². The first-order chi connectivity index (χ1) is 14.8. The van der Waals surface area contributed by atoms with E-state index in [1.54, 1.807) is 12.1 Å². The summed E-state index contributed by atoms with van der Waals surface area (Å²) < 4.78 is 38.5. The van der Waals surface area contributed by atoms with Gasteiger partial charge in [0.2, 0.25) is 5.91 Å². The molecule has 5 nitrogen and oxygen atoms in total. The van der Waals surface area contributed by atoms with Gasteiger partial charge in [-0.2, -0.15) is 13.2 Å². The smallest absolute Gasteiger partial charge is 0.368 e. The fourth-order valence-corrected chi connectivity index (χ4v) is 3.50. The van der Waals surface area contributed by atoms with E-state index in [0.29, 0.717) is 25.2 Å². The second-order valence-electron chi connectivity index (χ2n) is 7.55. The Hall–Kier alpha value is -3.03. The molecule has 1 saturated heterocycles. The molecule has 2 amide bonds. The van der Waals surface area contributed by atoms with Crippen molar-refractivity contribution in [1.29, 1.82) is 0 Å². The van der Waals surface area contributed by atoms with Crippen LogP contribution in [0.4, 0.5) is 24.5 Å². The van der Waals surface area contributed by atoms with Gasteiger partial charge in [-0.3, -0.25) is 9.59 Å². The Morgan fingerprint density at radius 1 is 1.00 bits per heavy atom. The van der Waals surface area contributed by atoms with Crippen molar-refractivity contribution in [2.24, 2.45) is 0 Å². The van der Waals surface area contributed by atoms with Gasteiger partial charge in [-0.1, -0.05) is 19.4 Å². The summed E-state index contributed by atoms with van der Waals surface area (Å²) in [5, 5.41) is 2.63. The van der Waals surface area contributed by atoms with Crippen LogP contribution in [0.5, 0.6) is 0 Å². The Bertz CT molecular complexity index is 905. The second-order valence-corrected chi connectivity index (χ2v) is 7.55. The molecule has 31 heavy (non-hydrogen) atoms. The quantitative estimate of drug-likeness (QED) is 0.712. The highest BCUT2D eigenvalue weighted by atomic mass is 19.4. The van der Waals surface area contributed by atoms with Crippen LogP contribution < -0.4 is 10.2 Å². The number of piperazine rings is 1. The number of unbranched alkanes of at least 4 members (excludes halogenated alkanes) is 1. The van der Waals surface area contributed by atoms with Crippen LogP contribution in [0, 0.1) is 0 Å². The Kier molecular flexibility index (Phi) is 7.20. The van der Waals surface area contributed by atoms with E-state index in [2.05, 4.69) is 17.1 Å². The summed E-state index contributed by atoms with van der Waals surface area (Å²) in [6.07, 6.45) is -1.99. The number of rotatable bonds is 6. The van der Waals surface area contributed by atoms with Crippen molar-refractivity contribution >= 4 is 23.2 Å². The average molecular weight is 433 g/mol. The molecule has 0 bridgehead atoms. The van der Waals surface area contributed by atoms with E-state index in [9.17, 15) is 22.8 Å². The molecule has 0 saturated carbocycles. The minimum Gasteiger partial charge on any atom is -0.368 e. The third kappa shape index (κ3) is 5.99. The number of carbonyl (C=O) groups is 2. The van der Waals surface area contributed by atoms with Crippen molar-refractivity contribution in [3.05, 3.63) is 59.7 Å². The van der Waals surface area contributed by atoms with E-state index in [1.165, 1.54) is 12.1 Å². The molecule has 166 valence electrons. The van der Waals surface area contributed by atoms with Gasteiger partial charge in [-0.05, 0) is 48.9 Å². The molecule has 0 spiro atoms. The van der Waals surface area contributed by atoms with Gasteiger partial charge in [0.15, 0.2) is 0 Å². The number of benzene rings is 2. The van der Waals surface area contributed by atoms with Crippen LogP contribution in [-0.2, 0) is 11.0 Å². The van der Waals surface area contributed by atoms with Gasteiger partial charge in [0.25, 0.3) is 5.91 Å². The van der Waals surface area contributed by atoms with Gasteiger partial charge in [0.1, 0.15) is 0 Å². The highest BCUT2D eigenvalue weighted by Gasteiger charge is 2.31. The molecular formula is C23H26F3N3O2. The topological polar surface area (TPSA) is 52.7 Å². The predicted octanol–water partition coefficient (Wildman–Crippen LogP) is 4.80. The molecule has 0 atom stereocenters. The summed E-state index contributed by atoms with van der Waals surface area (Å²) in [6.45, 7) is 4.88. The first-order valence-corrected chi connectivity index (χ1v) is 10.4. The van der Waals surface area contributed by atoms with Crippen LogP contribution in [0.25, 0.3) is 0 Å². The summed E-state index contributed by atoms with van der Waals surface area (Å²) in [5.41, 5.74) is 0.558. The zero-order valence-electron chi connectivity index (χ0n) is 17.4. The summed E-state index contributed by atoms with van der Waals surface area (Å²) >= 11 is 0. The van der Waals surface area contributed by atoms with E-state index in [-0.39, 0.29) is 11.5 Å². The minimum atomic E-state index is -4.50. The maximum Gasteiger partial charge on any atom is 0.416 e. The summed E-state index contributed by atoms with van der Waals surface area (Å²) in [6, 6.07) is 11.5. The maximum atomic E-state index is 12.8. The van der Waals surface area contributed by atoms with E-state index < -0.39 is 17.6 Å². The monoisotopic (exact) mass is 433 g/mol. The molecule has 1 heterocycles. The van der Waals surface area contributed by atoms with Crippen molar-refractivity contribution < 1.29 is 22.8 Å². The third-order valence-electron chi connectivity index (χ3n) is 5.32. The highest BCUT2D eigenvalue weighted by molar-refractivity contribution is 6.04. The highest BCUT2D eigenvalue weighted by Crippen LogP contribution is 2.29. The number of halogens is 3. The number of amides is 2. The lowest BCUT2D eigenvalue weighted by atomic mass is 10.1. The van der Waals surface area contributed by atoms with Crippen molar-refractivity contribution in [3.63, 3.8) is 0 Å². The SMILES string of the molecule is CCCCC(=O)N1CCN(c2ccc(NC(=O)c3cccc(C(F)(F)F)c3)cc2)CC1. The van der Waals surface area contributed by atoms with Crippen LogP contribution in [0.15, 0.2) is 48.5 Å². The molecule has 0 aliphatic carbocycles. The maximum absolute atomic E-state index is 12.8. The Balaban J connectivity index is 1.56. The zero-order chi connectivity index (χ0) is 22.4. The molecule has 0 radical (unpaired) electrons. The van der Waals surface area contributed by atoms with Crippen LogP contribution in [0.3, 0.4) is 0 Å². The van der Waals surface area contributed by atoms with Crippen LogP contribution in [0.1, 0.15) is 42.1 Å². The van der Waals surface area contributed by atoms with Gasteiger partial charge in [0, 0.05) is 49.5 Å². The minimum absolute atomic E-state index is 0.0530. The Labute approximate surface area is 179 Å². The predicted molar refractivity (Wildman–Crippen MR) is 114 cm³/mol. The van der Waals surface area contributed by atoms with E-state index >= 15 is 0 Å². The van der Waals surface area contributed by atoms with Gasteiger partial charge >= 0.3 is 6.18 Å². The van der Waals surface area contributed by atoms with E-state index in [0.717, 1.165) is 43.8 Å². The first-order valence-electron chi connectivity index (χ1n) is 10.4. The van der Waals surface area contributed by atoms with Gasteiger partial charge < -0.3 is 15.1 Å². The standard InChI is InChI=1S/C23H26F3N3O2/c1-2-3-7-21(30)29-14-12-28(13-15-29)20-10-8-19(9-11-20)27-22(31)17-5-4-6-18(16-17)23(24,25)26/h4-6,8-11,16H,2-3,7,12-15H2,1H3,(H,27,31). The summed E-state index contributed by atoms with van der Waals surface area (Å²) in [5.74, 6) is -0.396. The second kappa shape index (κ2) is 9.85. The summed E-state index contributed by atoms with van der Waals surface area (Å²) in [4.78, 5) is 28.5. The third-order valence-corrected chi connectivity index (χ3v) is 5.32. The van der Waals surface area contributed by atoms with Crippen molar-refractivity contribution in [2.75, 3.05) is 36.4 Å². The fraction of sp³-hybridized carbons (Fsp3) is 0.391. The first kappa shape index (κ1) is 22.7. The Morgan fingerprint density at radius 3 is 2.29 bits per heavy atom. The number of carbonyl (C=O) groups excluding carboxylic acids is 2. The average Bonchev–Trinajstić information content (AvgIpc) is 2.77. The number of nitrogens with one attached hydrogen (secondary N) is 1. The lowest BCUT2D eigenvalue weighted by molar-refractivity contribution is -0.137. The largest absolute Gasteiger partial charge is 0.416 e. The molecule has 2 aromatic carbocycles. The molecule has 1 N–H and O–H groups in total. The zero-order valence-corrected chi connectivity index (χ0v) is 17.4. The normalized spacial score (nSPS) is 14.5. The summed E-state index contributed by atoms with van der Waals surface area (Å²) in [7, 11) is 0. The number of hydrogen-bond donors (Lipinski definition) is 1. The lowest BCUT2D eigenvalue weighted by Gasteiger charge is -2.36. The molecular weight excluding hydrogens is 407 g/mol. The van der Waals surface area contributed by atoms with Crippen molar-refractivity contribution in [3.8, 4) is 0 Å². The Morgan fingerprint density at radius 2 is 1.68 bits per heavy atom. The molecule has 0 aromatic heterocycles. The van der Waals surface area contributed by atoms with Crippen molar-refractivity contribution in [2.45, 2.75) is 32.4 Å². The van der Waals surface area contributed by atoms with Gasteiger partial charge in [-0.15, -0.1) is 0 Å².